The van der Waals surface area contributed by atoms with E-state index in [-0.39, 0.29) is 18.8 Å². The first-order valence-corrected chi connectivity index (χ1v) is 6.65. The van der Waals surface area contributed by atoms with Crippen molar-refractivity contribution in [2.24, 2.45) is 0 Å². The smallest absolute Gasteiger partial charge is 0.164 e. The summed E-state index contributed by atoms with van der Waals surface area (Å²) in [4.78, 5) is 0. The Balaban J connectivity index is 2.17. The van der Waals surface area contributed by atoms with Crippen LogP contribution >= 0.6 is 0 Å². The average Bonchev–Trinajstić information content (AvgIpc) is 2.73. The maximum atomic E-state index is 9.89. The Morgan fingerprint density at radius 3 is 1.95 bits per heavy atom. The summed E-state index contributed by atoms with van der Waals surface area (Å²) in [6.45, 7) is 8.73. The Labute approximate surface area is 113 Å². The van der Waals surface area contributed by atoms with Crippen molar-refractivity contribution >= 4 is 0 Å². The molecule has 0 aromatic heterocycles. The van der Waals surface area contributed by atoms with Crippen molar-refractivity contribution in [1.29, 1.82) is 0 Å². The number of rotatable bonds is 3. The molecule has 0 aromatic rings. The van der Waals surface area contributed by atoms with Gasteiger partial charge in [-0.2, -0.15) is 0 Å². The summed E-state index contributed by atoms with van der Waals surface area (Å²) in [7, 11) is 0. The SMILES string of the molecule is C[C@@H]1OC(C)(C)O[C@@H]1[C@H]1OC(C)(C)O[C@@H]1[C@H](O)CO. The second kappa shape index (κ2) is 4.95. The highest BCUT2D eigenvalue weighted by Crippen LogP contribution is 2.39. The molecule has 0 amide bonds. The van der Waals surface area contributed by atoms with Crippen LogP contribution in [0.4, 0.5) is 0 Å². The summed E-state index contributed by atoms with van der Waals surface area (Å²) >= 11 is 0. The van der Waals surface area contributed by atoms with E-state index in [1.807, 2.05) is 20.8 Å². The van der Waals surface area contributed by atoms with E-state index in [1.54, 1.807) is 13.8 Å². The van der Waals surface area contributed by atoms with E-state index in [0.29, 0.717) is 0 Å². The highest BCUT2D eigenvalue weighted by atomic mass is 16.8. The van der Waals surface area contributed by atoms with Gasteiger partial charge in [-0.15, -0.1) is 0 Å². The molecule has 0 aromatic carbocycles. The van der Waals surface area contributed by atoms with Crippen LogP contribution in [-0.2, 0) is 18.9 Å². The third-order valence-electron chi connectivity index (χ3n) is 3.41. The predicted octanol–water partition coefficient (Wildman–Crippen LogP) is 0.400. The monoisotopic (exact) mass is 276 g/mol. The van der Waals surface area contributed by atoms with Gasteiger partial charge in [0.1, 0.15) is 24.4 Å². The Morgan fingerprint density at radius 1 is 0.947 bits per heavy atom. The zero-order valence-corrected chi connectivity index (χ0v) is 12.1. The zero-order chi connectivity index (χ0) is 14.4. The Bertz CT molecular complexity index is 329. The molecule has 2 heterocycles. The van der Waals surface area contributed by atoms with Crippen molar-refractivity contribution in [3.8, 4) is 0 Å². The summed E-state index contributed by atoms with van der Waals surface area (Å²) in [5, 5.41) is 19.0. The molecule has 0 radical (unpaired) electrons. The van der Waals surface area contributed by atoms with Crippen molar-refractivity contribution in [3.63, 3.8) is 0 Å². The lowest BCUT2D eigenvalue weighted by Gasteiger charge is -2.26. The summed E-state index contributed by atoms with van der Waals surface area (Å²) in [5.74, 6) is -1.50. The van der Waals surface area contributed by atoms with E-state index in [9.17, 15) is 5.11 Å². The zero-order valence-electron chi connectivity index (χ0n) is 12.1. The Kier molecular flexibility index (Phi) is 3.94. The molecule has 5 atom stereocenters. The molecule has 0 saturated carbocycles. The van der Waals surface area contributed by atoms with Gasteiger partial charge in [0.05, 0.1) is 12.7 Å². The first-order chi connectivity index (χ1) is 8.65. The molecule has 2 rings (SSSR count). The molecule has 0 bridgehead atoms. The minimum Gasteiger partial charge on any atom is -0.394 e. The summed E-state index contributed by atoms with van der Waals surface area (Å²) < 4.78 is 23.1. The fourth-order valence-corrected chi connectivity index (χ4v) is 2.77. The lowest BCUT2D eigenvalue weighted by Crippen LogP contribution is -2.47. The van der Waals surface area contributed by atoms with E-state index < -0.39 is 29.9 Å². The van der Waals surface area contributed by atoms with Crippen LogP contribution in [-0.4, -0.2) is 58.9 Å². The van der Waals surface area contributed by atoms with Crippen LogP contribution in [0.3, 0.4) is 0 Å². The second-order valence-corrected chi connectivity index (χ2v) is 6.12. The second-order valence-electron chi connectivity index (χ2n) is 6.12. The molecule has 0 spiro atoms. The highest BCUT2D eigenvalue weighted by molar-refractivity contribution is 4.96. The van der Waals surface area contributed by atoms with Gasteiger partial charge in [0.25, 0.3) is 0 Å². The maximum absolute atomic E-state index is 9.89. The largest absolute Gasteiger partial charge is 0.394 e. The average molecular weight is 276 g/mol. The normalized spacial score (nSPS) is 42.5. The molecular weight excluding hydrogens is 252 g/mol. The first kappa shape index (κ1) is 15.2. The number of aliphatic hydroxyl groups is 2. The van der Waals surface area contributed by atoms with Crippen LogP contribution in [0.2, 0.25) is 0 Å². The van der Waals surface area contributed by atoms with Crippen LogP contribution in [0, 0.1) is 0 Å². The molecule has 2 N–H and O–H groups in total. The lowest BCUT2D eigenvalue weighted by atomic mass is 10.0. The van der Waals surface area contributed by atoms with Gasteiger partial charge in [0, 0.05) is 0 Å². The minimum atomic E-state index is -1.01. The molecule has 0 unspecified atom stereocenters. The Hall–Kier alpha value is -0.240. The van der Waals surface area contributed by atoms with E-state index in [0.717, 1.165) is 0 Å². The maximum Gasteiger partial charge on any atom is 0.164 e. The molecular formula is C13H24O6. The molecule has 19 heavy (non-hydrogen) atoms. The molecule has 112 valence electrons. The van der Waals surface area contributed by atoms with Gasteiger partial charge in [-0.25, -0.2) is 0 Å². The summed E-state index contributed by atoms with van der Waals surface area (Å²) in [6.07, 6.45) is -2.64. The van der Waals surface area contributed by atoms with Gasteiger partial charge >= 0.3 is 0 Å². The van der Waals surface area contributed by atoms with Gasteiger partial charge < -0.3 is 29.2 Å². The number of ether oxygens (including phenoxy) is 4. The van der Waals surface area contributed by atoms with Crippen molar-refractivity contribution < 1.29 is 29.2 Å². The molecule has 6 nitrogen and oxygen atoms in total. The molecule has 6 heteroatoms. The van der Waals surface area contributed by atoms with Crippen molar-refractivity contribution in [1.82, 2.24) is 0 Å². The minimum absolute atomic E-state index is 0.175. The molecule has 2 aliphatic heterocycles. The fraction of sp³-hybridized carbons (Fsp3) is 1.00. The van der Waals surface area contributed by atoms with Crippen LogP contribution in [0.15, 0.2) is 0 Å². The van der Waals surface area contributed by atoms with Gasteiger partial charge in [0.15, 0.2) is 11.6 Å². The van der Waals surface area contributed by atoms with E-state index in [4.69, 9.17) is 24.1 Å². The van der Waals surface area contributed by atoms with Crippen LogP contribution < -0.4 is 0 Å². The summed E-state index contributed by atoms with van der Waals surface area (Å²) in [5.41, 5.74) is 0. The predicted molar refractivity (Wildman–Crippen MR) is 66.4 cm³/mol. The number of hydrogen-bond acceptors (Lipinski definition) is 6. The van der Waals surface area contributed by atoms with E-state index in [1.165, 1.54) is 0 Å². The fourth-order valence-electron chi connectivity index (χ4n) is 2.77. The van der Waals surface area contributed by atoms with Gasteiger partial charge in [-0.3, -0.25) is 0 Å². The van der Waals surface area contributed by atoms with E-state index in [2.05, 4.69) is 0 Å². The van der Waals surface area contributed by atoms with Crippen LogP contribution in [0.25, 0.3) is 0 Å². The van der Waals surface area contributed by atoms with Gasteiger partial charge in [0.2, 0.25) is 0 Å². The highest BCUT2D eigenvalue weighted by Gasteiger charge is 2.54. The van der Waals surface area contributed by atoms with Crippen molar-refractivity contribution in [2.45, 2.75) is 76.7 Å². The molecule has 0 aliphatic carbocycles. The summed E-state index contributed by atoms with van der Waals surface area (Å²) in [6, 6.07) is 0. The third-order valence-corrected chi connectivity index (χ3v) is 3.41. The number of aliphatic hydroxyl groups excluding tert-OH is 2. The van der Waals surface area contributed by atoms with E-state index >= 15 is 0 Å². The van der Waals surface area contributed by atoms with Crippen LogP contribution in [0.1, 0.15) is 34.6 Å². The number of hydrogen-bond donors (Lipinski definition) is 2. The van der Waals surface area contributed by atoms with Gasteiger partial charge in [-0.05, 0) is 34.6 Å². The molecule has 2 saturated heterocycles. The Morgan fingerprint density at radius 2 is 1.47 bits per heavy atom. The van der Waals surface area contributed by atoms with Crippen LogP contribution in [0.5, 0.6) is 0 Å². The quantitative estimate of drug-likeness (QED) is 0.777. The molecule has 2 aliphatic rings. The van der Waals surface area contributed by atoms with Gasteiger partial charge in [-0.1, -0.05) is 0 Å². The first-order valence-electron chi connectivity index (χ1n) is 6.65. The molecule has 2 fully saturated rings. The third kappa shape index (κ3) is 3.09. The topological polar surface area (TPSA) is 77.4 Å². The lowest BCUT2D eigenvalue weighted by molar-refractivity contribution is -0.175. The standard InChI is InChI=1S/C13H24O6/c1-7-9(17-12(2,3)16-7)11-10(8(15)6-14)18-13(4,5)19-11/h7-11,14-15H,6H2,1-5H3/t7-,8+,9-,10+,11+/m0/s1. The van der Waals surface area contributed by atoms with Crippen molar-refractivity contribution in [2.75, 3.05) is 6.61 Å². The van der Waals surface area contributed by atoms with Crippen molar-refractivity contribution in [3.05, 3.63) is 0 Å².